The molecule has 0 spiro atoms. The fourth-order valence-corrected chi connectivity index (χ4v) is 2.31. The molecule has 1 aliphatic rings. The first-order chi connectivity index (χ1) is 6.13. The van der Waals surface area contributed by atoms with Crippen LogP contribution >= 0.6 is 0 Å². The lowest BCUT2D eigenvalue weighted by atomic mass is 10.0. The van der Waals surface area contributed by atoms with Gasteiger partial charge in [-0.05, 0) is 31.7 Å². The highest BCUT2D eigenvalue weighted by molar-refractivity contribution is 4.85. The summed E-state index contributed by atoms with van der Waals surface area (Å²) in [5.74, 6) is 0.745. The highest BCUT2D eigenvalue weighted by Crippen LogP contribution is 2.23. The van der Waals surface area contributed by atoms with Crippen molar-refractivity contribution in [2.45, 2.75) is 52.2 Å². The average molecular weight is 185 g/mol. The highest BCUT2D eigenvalue weighted by atomic mass is 16.3. The van der Waals surface area contributed by atoms with Crippen LogP contribution in [0.1, 0.15) is 40.0 Å². The largest absolute Gasteiger partial charge is 0.392 e. The maximum Gasteiger partial charge on any atom is 0.0682 e. The molecule has 0 aromatic rings. The molecule has 2 heteroatoms. The number of aliphatic hydroxyl groups is 1. The van der Waals surface area contributed by atoms with Crippen molar-refractivity contribution in [3.8, 4) is 0 Å². The van der Waals surface area contributed by atoms with E-state index < -0.39 is 0 Å². The summed E-state index contributed by atoms with van der Waals surface area (Å²) in [6, 6.07) is 0.634. The average Bonchev–Trinajstić information content (AvgIpc) is 2.31. The lowest BCUT2D eigenvalue weighted by Gasteiger charge is -2.24. The van der Waals surface area contributed by atoms with Crippen LogP contribution in [0.2, 0.25) is 0 Å². The van der Waals surface area contributed by atoms with Crippen molar-refractivity contribution in [3.05, 3.63) is 0 Å². The Kier molecular flexibility index (Phi) is 4.20. The number of nitrogens with zero attached hydrogens (tertiary/aromatic N) is 1. The molecule has 1 heterocycles. The van der Waals surface area contributed by atoms with Crippen molar-refractivity contribution in [1.29, 1.82) is 0 Å². The van der Waals surface area contributed by atoms with Crippen molar-refractivity contribution in [2.75, 3.05) is 13.1 Å². The van der Waals surface area contributed by atoms with Gasteiger partial charge < -0.3 is 5.11 Å². The van der Waals surface area contributed by atoms with E-state index in [4.69, 9.17) is 0 Å². The van der Waals surface area contributed by atoms with Gasteiger partial charge in [-0.2, -0.15) is 0 Å². The lowest BCUT2D eigenvalue weighted by Crippen LogP contribution is -2.31. The number of rotatable bonds is 4. The van der Waals surface area contributed by atoms with Crippen LogP contribution in [0.15, 0.2) is 0 Å². The summed E-state index contributed by atoms with van der Waals surface area (Å²) < 4.78 is 0. The molecule has 0 aromatic carbocycles. The molecule has 2 nitrogen and oxygen atoms in total. The molecule has 78 valence electrons. The molecule has 0 bridgehead atoms. The smallest absolute Gasteiger partial charge is 0.0682 e. The van der Waals surface area contributed by atoms with Crippen LogP contribution in [-0.2, 0) is 0 Å². The number of hydrogen-bond donors (Lipinski definition) is 1. The highest BCUT2D eigenvalue weighted by Gasteiger charge is 2.30. The predicted octanol–water partition coefficient (Wildman–Crippen LogP) is 1.88. The minimum Gasteiger partial charge on any atom is -0.392 e. The normalized spacial score (nSPS) is 30.2. The van der Waals surface area contributed by atoms with E-state index in [-0.39, 0.29) is 6.10 Å². The molecular weight excluding hydrogens is 162 g/mol. The van der Waals surface area contributed by atoms with E-state index in [9.17, 15) is 5.11 Å². The van der Waals surface area contributed by atoms with Crippen LogP contribution in [0, 0.1) is 5.92 Å². The molecule has 0 unspecified atom stereocenters. The maximum absolute atomic E-state index is 9.57. The summed E-state index contributed by atoms with van der Waals surface area (Å²) in [6.07, 6.45) is 3.34. The first-order valence-electron chi connectivity index (χ1n) is 5.55. The monoisotopic (exact) mass is 185 g/mol. The van der Waals surface area contributed by atoms with Gasteiger partial charge in [-0.1, -0.05) is 20.8 Å². The van der Waals surface area contributed by atoms with Gasteiger partial charge in [0.15, 0.2) is 0 Å². The lowest BCUT2D eigenvalue weighted by molar-refractivity contribution is 0.174. The number of aliphatic hydroxyl groups excluding tert-OH is 1. The van der Waals surface area contributed by atoms with Gasteiger partial charge in [-0.25, -0.2) is 0 Å². The second kappa shape index (κ2) is 4.97. The summed E-state index contributed by atoms with van der Waals surface area (Å²) in [5.41, 5.74) is 0. The minimum absolute atomic E-state index is 0.0738. The van der Waals surface area contributed by atoms with E-state index in [2.05, 4.69) is 25.7 Å². The summed E-state index contributed by atoms with van der Waals surface area (Å²) in [5, 5.41) is 9.57. The zero-order valence-electron chi connectivity index (χ0n) is 9.16. The first kappa shape index (κ1) is 11.0. The number of β-amino-alcohol motifs (C(OH)–C–C–N with tert-alkyl or cyclic N) is 1. The minimum atomic E-state index is -0.0738. The third kappa shape index (κ3) is 3.28. The van der Waals surface area contributed by atoms with Gasteiger partial charge in [0.1, 0.15) is 0 Å². The summed E-state index contributed by atoms with van der Waals surface area (Å²) in [6.45, 7) is 8.76. The molecule has 0 saturated carbocycles. The van der Waals surface area contributed by atoms with Crippen LogP contribution in [0.3, 0.4) is 0 Å². The Labute approximate surface area is 81.9 Å². The summed E-state index contributed by atoms with van der Waals surface area (Å²) >= 11 is 0. The second-order valence-electron chi connectivity index (χ2n) is 4.67. The van der Waals surface area contributed by atoms with Crippen molar-refractivity contribution < 1.29 is 5.11 Å². The van der Waals surface area contributed by atoms with Gasteiger partial charge >= 0.3 is 0 Å². The van der Waals surface area contributed by atoms with E-state index in [0.717, 1.165) is 25.4 Å². The van der Waals surface area contributed by atoms with E-state index in [1.165, 1.54) is 12.8 Å². The van der Waals surface area contributed by atoms with Crippen LogP contribution in [0.4, 0.5) is 0 Å². The molecule has 0 radical (unpaired) electrons. The molecule has 1 aliphatic heterocycles. The molecule has 1 saturated heterocycles. The van der Waals surface area contributed by atoms with Gasteiger partial charge in [0.05, 0.1) is 6.10 Å². The van der Waals surface area contributed by atoms with Gasteiger partial charge in [-0.15, -0.1) is 0 Å². The zero-order chi connectivity index (χ0) is 9.84. The zero-order valence-corrected chi connectivity index (χ0v) is 9.16. The molecule has 1 rings (SSSR count). The molecule has 1 fully saturated rings. The van der Waals surface area contributed by atoms with Crippen LogP contribution < -0.4 is 0 Å². The Balaban J connectivity index is 2.40. The van der Waals surface area contributed by atoms with Gasteiger partial charge in [0, 0.05) is 12.6 Å². The van der Waals surface area contributed by atoms with Gasteiger partial charge in [0.2, 0.25) is 0 Å². The Bertz CT molecular complexity index is 147. The standard InChI is InChI=1S/C11H23NO/c1-4-5-12-8-11(13)7-10(12)6-9(2)3/h9-11,13H,4-8H2,1-3H3/t10-,11+/m0/s1. The summed E-state index contributed by atoms with van der Waals surface area (Å²) in [4.78, 5) is 2.45. The van der Waals surface area contributed by atoms with E-state index in [1.807, 2.05) is 0 Å². The molecule has 2 atom stereocenters. The predicted molar refractivity (Wildman–Crippen MR) is 55.7 cm³/mol. The Morgan fingerprint density at radius 2 is 2.15 bits per heavy atom. The van der Waals surface area contributed by atoms with Gasteiger partial charge in [-0.3, -0.25) is 4.90 Å². The van der Waals surface area contributed by atoms with Crippen LogP contribution in [-0.4, -0.2) is 35.2 Å². The second-order valence-corrected chi connectivity index (χ2v) is 4.67. The third-order valence-corrected chi connectivity index (χ3v) is 2.76. The molecule has 13 heavy (non-hydrogen) atoms. The fraction of sp³-hybridized carbons (Fsp3) is 1.00. The van der Waals surface area contributed by atoms with E-state index >= 15 is 0 Å². The Morgan fingerprint density at radius 1 is 1.46 bits per heavy atom. The van der Waals surface area contributed by atoms with Crippen molar-refractivity contribution in [3.63, 3.8) is 0 Å². The topological polar surface area (TPSA) is 23.5 Å². The van der Waals surface area contributed by atoms with Crippen LogP contribution in [0.5, 0.6) is 0 Å². The van der Waals surface area contributed by atoms with Crippen molar-refractivity contribution >= 4 is 0 Å². The maximum atomic E-state index is 9.57. The van der Waals surface area contributed by atoms with Crippen LogP contribution in [0.25, 0.3) is 0 Å². The van der Waals surface area contributed by atoms with E-state index in [0.29, 0.717) is 6.04 Å². The first-order valence-corrected chi connectivity index (χ1v) is 5.55. The van der Waals surface area contributed by atoms with E-state index in [1.54, 1.807) is 0 Å². The van der Waals surface area contributed by atoms with Crippen molar-refractivity contribution in [1.82, 2.24) is 4.90 Å². The molecular formula is C11H23NO. The quantitative estimate of drug-likeness (QED) is 0.723. The number of hydrogen-bond acceptors (Lipinski definition) is 2. The Morgan fingerprint density at radius 3 is 2.69 bits per heavy atom. The molecule has 1 N–H and O–H groups in total. The number of likely N-dealkylation sites (tertiary alicyclic amines) is 1. The third-order valence-electron chi connectivity index (χ3n) is 2.76. The van der Waals surface area contributed by atoms with Gasteiger partial charge in [0.25, 0.3) is 0 Å². The molecule has 0 aliphatic carbocycles. The molecule has 0 amide bonds. The Hall–Kier alpha value is -0.0800. The van der Waals surface area contributed by atoms with Crippen molar-refractivity contribution in [2.24, 2.45) is 5.92 Å². The molecule has 0 aromatic heterocycles. The summed E-state index contributed by atoms with van der Waals surface area (Å²) in [7, 11) is 0. The SMILES string of the molecule is CCCN1C[C@H](O)C[C@@H]1CC(C)C. The fourth-order valence-electron chi connectivity index (χ4n) is 2.31.